The lowest BCUT2D eigenvalue weighted by molar-refractivity contribution is 0.475. The maximum Gasteiger partial charge on any atom is 0.278 e. The van der Waals surface area contributed by atoms with E-state index in [1.54, 1.807) is 10.9 Å². The number of hydrogen-bond donors (Lipinski definition) is 2. The lowest BCUT2D eigenvalue weighted by Crippen LogP contribution is -2.24. The van der Waals surface area contributed by atoms with Gasteiger partial charge in [0, 0.05) is 42.3 Å². The summed E-state index contributed by atoms with van der Waals surface area (Å²) >= 11 is 0. The van der Waals surface area contributed by atoms with Crippen molar-refractivity contribution in [1.29, 1.82) is 0 Å². The maximum atomic E-state index is 13.2. The van der Waals surface area contributed by atoms with Crippen LogP contribution in [0.25, 0.3) is 16.7 Å². The molecule has 0 spiro atoms. The van der Waals surface area contributed by atoms with Crippen LogP contribution in [0.3, 0.4) is 0 Å². The summed E-state index contributed by atoms with van der Waals surface area (Å²) in [5.74, 6) is 0.994. The zero-order valence-corrected chi connectivity index (χ0v) is 18.9. The van der Waals surface area contributed by atoms with Gasteiger partial charge in [-0.1, -0.05) is 6.07 Å². The highest BCUT2D eigenvalue weighted by Gasteiger charge is 2.26. The molecule has 0 atom stereocenters. The molecule has 4 heterocycles. The highest BCUT2D eigenvalue weighted by atomic mass is 16.1. The number of pyridine rings is 1. The Labute approximate surface area is 191 Å². The van der Waals surface area contributed by atoms with Crippen molar-refractivity contribution in [3.05, 3.63) is 69.9 Å². The molecular weight excluding hydrogens is 414 g/mol. The Bertz CT molecular complexity index is 1410. The first-order chi connectivity index (χ1) is 16.1. The van der Waals surface area contributed by atoms with Crippen LogP contribution in [0.2, 0.25) is 0 Å². The van der Waals surface area contributed by atoms with E-state index >= 15 is 0 Å². The first kappa shape index (κ1) is 20.1. The molecule has 0 unspecified atom stereocenters. The molecule has 4 aromatic rings. The van der Waals surface area contributed by atoms with Crippen LogP contribution in [0, 0.1) is 0 Å². The average Bonchev–Trinajstić information content (AvgIpc) is 3.63. The Morgan fingerprint density at radius 1 is 1.12 bits per heavy atom. The largest absolute Gasteiger partial charge is 0.324 e. The van der Waals surface area contributed by atoms with Crippen LogP contribution < -0.4 is 16.2 Å². The first-order valence-corrected chi connectivity index (χ1v) is 11.6. The van der Waals surface area contributed by atoms with Crippen LogP contribution in [0.1, 0.15) is 55.5 Å². The molecule has 0 bridgehead atoms. The van der Waals surface area contributed by atoms with E-state index < -0.39 is 0 Å². The molecule has 168 valence electrons. The molecule has 6 rings (SSSR count). The number of nitrogens with zero attached hydrogens (tertiary/aromatic N) is 5. The third-order valence-corrected chi connectivity index (χ3v) is 6.47. The fraction of sp³-hybridized carbons (Fsp3) is 0.360. The van der Waals surface area contributed by atoms with Gasteiger partial charge < -0.3 is 10.6 Å². The second-order valence-corrected chi connectivity index (χ2v) is 9.23. The molecule has 2 N–H and O–H groups in total. The van der Waals surface area contributed by atoms with Crippen molar-refractivity contribution in [2.75, 3.05) is 11.9 Å². The number of benzene rings is 1. The van der Waals surface area contributed by atoms with Crippen LogP contribution in [-0.4, -0.2) is 30.9 Å². The fourth-order valence-electron chi connectivity index (χ4n) is 4.63. The molecule has 0 saturated heterocycles. The van der Waals surface area contributed by atoms with Gasteiger partial charge in [0.25, 0.3) is 5.56 Å². The van der Waals surface area contributed by atoms with E-state index in [-0.39, 0.29) is 11.6 Å². The van der Waals surface area contributed by atoms with Crippen molar-refractivity contribution in [1.82, 2.24) is 29.6 Å². The molecular formula is C25H27N7O. The molecule has 8 heteroatoms. The summed E-state index contributed by atoms with van der Waals surface area (Å²) in [6.45, 7) is 5.90. The second kappa shape index (κ2) is 7.81. The minimum Gasteiger partial charge on any atom is -0.324 e. The van der Waals surface area contributed by atoms with E-state index in [2.05, 4.69) is 44.9 Å². The third-order valence-electron chi connectivity index (χ3n) is 6.47. The molecule has 1 saturated carbocycles. The smallest absolute Gasteiger partial charge is 0.278 e. The molecule has 0 radical (unpaired) electrons. The maximum absolute atomic E-state index is 13.2. The monoisotopic (exact) mass is 441 g/mol. The second-order valence-electron chi connectivity index (χ2n) is 9.23. The number of aromatic nitrogens is 5. The van der Waals surface area contributed by atoms with E-state index in [0.717, 1.165) is 36.6 Å². The summed E-state index contributed by atoms with van der Waals surface area (Å²) in [5.41, 5.74) is 6.09. The number of fused-ring (bicyclic) bond motifs is 2. The molecule has 0 amide bonds. The summed E-state index contributed by atoms with van der Waals surface area (Å²) in [6, 6.07) is 10.4. The minimum absolute atomic E-state index is 0.0335. The molecule has 1 aliphatic heterocycles. The molecule has 2 aliphatic rings. The molecule has 8 nitrogen and oxygen atoms in total. The summed E-state index contributed by atoms with van der Waals surface area (Å²) in [5, 5.41) is 7.26. The summed E-state index contributed by atoms with van der Waals surface area (Å²) < 4.78 is 3.67. The lowest BCUT2D eigenvalue weighted by Gasteiger charge is -2.18. The van der Waals surface area contributed by atoms with Gasteiger partial charge in [-0.15, -0.1) is 0 Å². The third kappa shape index (κ3) is 3.60. The number of rotatable bonds is 5. The van der Waals surface area contributed by atoms with Gasteiger partial charge in [-0.05, 0) is 75.0 Å². The Balaban J connectivity index is 1.45. The van der Waals surface area contributed by atoms with Crippen LogP contribution >= 0.6 is 0 Å². The van der Waals surface area contributed by atoms with Crippen molar-refractivity contribution < 1.29 is 0 Å². The predicted octanol–water partition coefficient (Wildman–Crippen LogP) is 3.82. The summed E-state index contributed by atoms with van der Waals surface area (Å²) in [7, 11) is 0. The lowest BCUT2D eigenvalue weighted by atomic mass is 10.0. The van der Waals surface area contributed by atoms with Crippen molar-refractivity contribution >= 4 is 22.7 Å². The first-order valence-electron chi connectivity index (χ1n) is 11.6. The Hall–Kier alpha value is -3.52. The standard InChI is InChI=1S/C25H27N7O/c1-15(2)31-24(33)21-14-28-25(29-19-6-5-16-7-9-26-13-18(16)11-19)30-23(21)32(31)20-8-10-27-22(12-20)17-3-4-17/h5-6,8,10-12,14-15,17,26H,3-4,7,9,13H2,1-2H3,(H,28,29,30). The van der Waals surface area contributed by atoms with Crippen molar-refractivity contribution in [2.45, 2.75) is 51.6 Å². The van der Waals surface area contributed by atoms with Gasteiger partial charge in [-0.2, -0.15) is 4.98 Å². The van der Waals surface area contributed by atoms with Crippen LogP contribution in [0.15, 0.2) is 47.5 Å². The Morgan fingerprint density at radius 2 is 2.00 bits per heavy atom. The number of nitrogens with one attached hydrogen (secondary N) is 2. The van der Waals surface area contributed by atoms with E-state index in [1.807, 2.05) is 30.8 Å². The zero-order chi connectivity index (χ0) is 22.5. The SMILES string of the molecule is CC(C)n1c(=O)c2cnc(Nc3ccc4c(c3)CNCC4)nc2n1-c1ccnc(C2CC2)c1. The van der Waals surface area contributed by atoms with Crippen LogP contribution in [0.5, 0.6) is 0 Å². The van der Waals surface area contributed by atoms with Crippen molar-refractivity contribution in [3.63, 3.8) is 0 Å². The minimum atomic E-state index is -0.0869. The van der Waals surface area contributed by atoms with Gasteiger partial charge in [0.15, 0.2) is 5.65 Å². The van der Waals surface area contributed by atoms with Crippen LogP contribution in [-0.2, 0) is 13.0 Å². The van der Waals surface area contributed by atoms with Gasteiger partial charge in [0.05, 0.1) is 5.69 Å². The van der Waals surface area contributed by atoms with Gasteiger partial charge in [0.2, 0.25) is 5.95 Å². The van der Waals surface area contributed by atoms with E-state index in [4.69, 9.17) is 4.98 Å². The normalized spacial score (nSPS) is 15.7. The van der Waals surface area contributed by atoms with Crippen molar-refractivity contribution in [2.24, 2.45) is 0 Å². The molecule has 33 heavy (non-hydrogen) atoms. The highest BCUT2D eigenvalue weighted by molar-refractivity contribution is 5.77. The molecule has 1 fully saturated rings. The van der Waals surface area contributed by atoms with Crippen LogP contribution in [0.4, 0.5) is 11.6 Å². The Morgan fingerprint density at radius 3 is 2.82 bits per heavy atom. The van der Waals surface area contributed by atoms with Gasteiger partial charge >= 0.3 is 0 Å². The highest BCUT2D eigenvalue weighted by Crippen LogP contribution is 2.39. The van der Waals surface area contributed by atoms with E-state index in [1.165, 1.54) is 24.0 Å². The zero-order valence-electron chi connectivity index (χ0n) is 18.9. The van der Waals surface area contributed by atoms with Gasteiger partial charge in [0.1, 0.15) is 5.39 Å². The fourth-order valence-corrected chi connectivity index (χ4v) is 4.63. The quantitative estimate of drug-likeness (QED) is 0.489. The molecule has 1 aromatic carbocycles. The molecule has 3 aromatic heterocycles. The van der Waals surface area contributed by atoms with E-state index in [0.29, 0.717) is 22.9 Å². The topological polar surface area (TPSA) is 89.7 Å². The molecule has 1 aliphatic carbocycles. The average molecular weight is 442 g/mol. The summed E-state index contributed by atoms with van der Waals surface area (Å²) in [4.78, 5) is 27.0. The Kier molecular flexibility index (Phi) is 4.76. The summed E-state index contributed by atoms with van der Waals surface area (Å²) in [6.07, 6.45) is 6.84. The number of anilines is 2. The van der Waals surface area contributed by atoms with Gasteiger partial charge in [-0.25, -0.2) is 14.3 Å². The predicted molar refractivity (Wildman–Crippen MR) is 128 cm³/mol. The van der Waals surface area contributed by atoms with E-state index in [9.17, 15) is 4.79 Å². The number of hydrogen-bond acceptors (Lipinski definition) is 6. The van der Waals surface area contributed by atoms with Gasteiger partial charge in [-0.3, -0.25) is 9.78 Å². The van der Waals surface area contributed by atoms with Crippen molar-refractivity contribution in [3.8, 4) is 5.69 Å².